The van der Waals surface area contributed by atoms with Gasteiger partial charge in [-0.3, -0.25) is 0 Å². The highest BCUT2D eigenvalue weighted by molar-refractivity contribution is 5.48. The normalized spacial score (nSPS) is 9.31. The average Bonchev–Trinajstić information content (AvgIpc) is 2.18. The van der Waals surface area contributed by atoms with Crippen molar-refractivity contribution in [3.05, 3.63) is 0 Å². The number of hydrogen-bond donors (Lipinski definition) is 3. The van der Waals surface area contributed by atoms with Gasteiger partial charge in [0.25, 0.3) is 0 Å². The van der Waals surface area contributed by atoms with Crippen LogP contribution >= 0.6 is 0 Å². The highest BCUT2D eigenvalue weighted by Gasteiger charge is 1.93. The topological polar surface area (TPSA) is 77.8 Å². The number of unbranched alkanes of at least 4 members (excludes halogenated alkanes) is 3. The first kappa shape index (κ1) is 15.0. The van der Waals surface area contributed by atoms with Gasteiger partial charge in [-0.15, -0.1) is 0 Å². The van der Waals surface area contributed by atoms with Gasteiger partial charge in [0.2, 0.25) is 0 Å². The number of aldehydes is 1. The van der Waals surface area contributed by atoms with Crippen LogP contribution in [0.1, 0.15) is 32.6 Å². The molecule has 0 unspecified atom stereocenters. The van der Waals surface area contributed by atoms with E-state index in [0.717, 1.165) is 19.1 Å². The smallest absolute Gasteiger partial charge is 0.119 e. The summed E-state index contributed by atoms with van der Waals surface area (Å²) in [5.74, 6) is 0. The second-order valence-corrected chi connectivity index (χ2v) is 2.68. The van der Waals surface area contributed by atoms with E-state index in [-0.39, 0.29) is 13.2 Å². The summed E-state index contributed by atoms with van der Waals surface area (Å²) in [7, 11) is 0. The lowest BCUT2D eigenvalue weighted by atomic mass is 10.2. The quantitative estimate of drug-likeness (QED) is 0.412. The Morgan fingerprint density at radius 1 is 1.23 bits per heavy atom. The maximum Gasteiger partial charge on any atom is 0.119 e. The average molecular weight is 192 g/mol. The fourth-order valence-electron chi connectivity index (χ4n) is 0.535. The van der Waals surface area contributed by atoms with Crippen LogP contribution in [0.25, 0.3) is 0 Å². The van der Waals surface area contributed by atoms with Crippen molar-refractivity contribution >= 4 is 6.29 Å². The predicted octanol–water partition coefficient (Wildman–Crippen LogP) is 0.0975. The first-order valence-electron chi connectivity index (χ1n) is 4.56. The highest BCUT2D eigenvalue weighted by Crippen LogP contribution is 1.94. The summed E-state index contributed by atoms with van der Waals surface area (Å²) in [6.45, 7) is 1.40. The molecule has 4 heteroatoms. The second kappa shape index (κ2) is 14.1. The van der Waals surface area contributed by atoms with E-state index in [2.05, 4.69) is 6.92 Å². The Balaban J connectivity index is 0. The number of aliphatic hydroxyl groups excluding tert-OH is 3. The van der Waals surface area contributed by atoms with E-state index >= 15 is 0 Å². The van der Waals surface area contributed by atoms with Crippen LogP contribution in [0.5, 0.6) is 0 Å². The van der Waals surface area contributed by atoms with Crippen molar-refractivity contribution in [2.24, 2.45) is 0 Å². The zero-order valence-electron chi connectivity index (χ0n) is 8.15. The standard InChI is InChI=1S/C6H12O.C3H8O3/c1-2-3-4-5-6-7;4-1-3(6)2-5/h6H,2-5H2,1H3;3-6H,1-2H2. The fourth-order valence-corrected chi connectivity index (χ4v) is 0.535. The molecule has 0 aromatic heterocycles. The molecule has 0 aromatic carbocycles. The van der Waals surface area contributed by atoms with Gasteiger partial charge in [0.1, 0.15) is 12.4 Å². The summed E-state index contributed by atoms with van der Waals surface area (Å²) in [4.78, 5) is 9.68. The molecular weight excluding hydrogens is 172 g/mol. The van der Waals surface area contributed by atoms with Crippen LogP contribution in [0.15, 0.2) is 0 Å². The number of hydrogen-bond acceptors (Lipinski definition) is 4. The Morgan fingerprint density at radius 2 is 1.77 bits per heavy atom. The molecule has 0 atom stereocenters. The van der Waals surface area contributed by atoms with E-state index in [1.165, 1.54) is 12.8 Å². The summed E-state index contributed by atoms with van der Waals surface area (Å²) < 4.78 is 0. The Bertz CT molecular complexity index is 91.6. The maximum absolute atomic E-state index is 9.68. The number of aliphatic hydroxyl groups is 3. The van der Waals surface area contributed by atoms with Crippen LogP contribution in [0.4, 0.5) is 0 Å². The molecule has 0 aliphatic heterocycles. The van der Waals surface area contributed by atoms with Gasteiger partial charge in [0.05, 0.1) is 13.2 Å². The van der Waals surface area contributed by atoms with Crippen molar-refractivity contribution < 1.29 is 20.1 Å². The number of carbonyl (C=O) groups is 1. The van der Waals surface area contributed by atoms with E-state index in [9.17, 15) is 4.79 Å². The second-order valence-electron chi connectivity index (χ2n) is 2.68. The Kier molecular flexibility index (Phi) is 16.3. The maximum atomic E-state index is 9.68. The lowest BCUT2D eigenvalue weighted by molar-refractivity contribution is -0.107. The SMILES string of the molecule is CCCCCC=O.OCC(O)CO. The molecule has 0 fully saturated rings. The van der Waals surface area contributed by atoms with Gasteiger partial charge in [0.15, 0.2) is 0 Å². The van der Waals surface area contributed by atoms with Gasteiger partial charge in [-0.2, -0.15) is 0 Å². The van der Waals surface area contributed by atoms with Crippen LogP contribution < -0.4 is 0 Å². The van der Waals surface area contributed by atoms with Crippen LogP contribution in [0.2, 0.25) is 0 Å². The third-order valence-corrected chi connectivity index (χ3v) is 1.35. The van der Waals surface area contributed by atoms with Gasteiger partial charge >= 0.3 is 0 Å². The third-order valence-electron chi connectivity index (χ3n) is 1.35. The lowest BCUT2D eigenvalue weighted by Crippen LogP contribution is -2.15. The largest absolute Gasteiger partial charge is 0.394 e. The summed E-state index contributed by atoms with van der Waals surface area (Å²) in [5, 5.41) is 24.0. The summed E-state index contributed by atoms with van der Waals surface area (Å²) >= 11 is 0. The monoisotopic (exact) mass is 192 g/mol. The highest BCUT2D eigenvalue weighted by atomic mass is 16.3. The molecule has 0 radical (unpaired) electrons. The molecule has 0 amide bonds. The molecule has 0 saturated heterocycles. The molecule has 0 saturated carbocycles. The molecule has 0 spiro atoms. The fraction of sp³-hybridized carbons (Fsp3) is 0.889. The predicted molar refractivity (Wildman–Crippen MR) is 50.4 cm³/mol. The summed E-state index contributed by atoms with van der Waals surface area (Å²) in [5.41, 5.74) is 0. The van der Waals surface area contributed by atoms with Crippen molar-refractivity contribution in [1.82, 2.24) is 0 Å². The zero-order chi connectivity index (χ0) is 10.5. The minimum Gasteiger partial charge on any atom is -0.394 e. The van der Waals surface area contributed by atoms with Crippen molar-refractivity contribution in [3.63, 3.8) is 0 Å². The van der Waals surface area contributed by atoms with E-state index < -0.39 is 6.10 Å². The first-order valence-corrected chi connectivity index (χ1v) is 4.56. The van der Waals surface area contributed by atoms with E-state index in [4.69, 9.17) is 15.3 Å². The molecule has 0 heterocycles. The van der Waals surface area contributed by atoms with Crippen LogP contribution in [-0.2, 0) is 4.79 Å². The number of carbonyl (C=O) groups excluding carboxylic acids is 1. The minimum absolute atomic E-state index is 0.365. The zero-order valence-corrected chi connectivity index (χ0v) is 8.15. The molecule has 3 N–H and O–H groups in total. The summed E-state index contributed by atoms with van der Waals surface area (Å²) in [6, 6.07) is 0. The lowest BCUT2D eigenvalue weighted by Gasteiger charge is -1.96. The molecule has 0 aliphatic rings. The molecule has 0 bridgehead atoms. The van der Waals surface area contributed by atoms with Crippen molar-refractivity contribution in [2.45, 2.75) is 38.7 Å². The number of rotatable bonds is 6. The van der Waals surface area contributed by atoms with Crippen molar-refractivity contribution in [2.75, 3.05) is 13.2 Å². The van der Waals surface area contributed by atoms with E-state index in [0.29, 0.717) is 0 Å². The van der Waals surface area contributed by atoms with Crippen LogP contribution in [0, 0.1) is 0 Å². The summed E-state index contributed by atoms with van der Waals surface area (Å²) in [6.07, 6.45) is 4.24. The minimum atomic E-state index is -0.954. The Labute approximate surface area is 79.2 Å². The van der Waals surface area contributed by atoms with Gasteiger partial charge in [-0.25, -0.2) is 0 Å². The molecule has 0 rings (SSSR count). The van der Waals surface area contributed by atoms with Gasteiger partial charge in [0, 0.05) is 6.42 Å². The van der Waals surface area contributed by atoms with E-state index in [1.807, 2.05) is 0 Å². The molecule has 0 aliphatic carbocycles. The van der Waals surface area contributed by atoms with Crippen LogP contribution in [-0.4, -0.2) is 40.9 Å². The van der Waals surface area contributed by atoms with E-state index in [1.54, 1.807) is 0 Å². The molecule has 0 aromatic rings. The first-order chi connectivity index (χ1) is 6.22. The molecule has 13 heavy (non-hydrogen) atoms. The Hall–Kier alpha value is -0.450. The van der Waals surface area contributed by atoms with Gasteiger partial charge < -0.3 is 20.1 Å². The molecular formula is C9H20O4. The van der Waals surface area contributed by atoms with Crippen molar-refractivity contribution in [3.8, 4) is 0 Å². The van der Waals surface area contributed by atoms with Gasteiger partial charge in [-0.1, -0.05) is 19.8 Å². The molecule has 80 valence electrons. The van der Waals surface area contributed by atoms with Gasteiger partial charge in [-0.05, 0) is 6.42 Å². The molecule has 4 nitrogen and oxygen atoms in total. The Morgan fingerprint density at radius 3 is 2.00 bits per heavy atom. The third kappa shape index (κ3) is 18.5. The van der Waals surface area contributed by atoms with Crippen molar-refractivity contribution in [1.29, 1.82) is 0 Å². The van der Waals surface area contributed by atoms with Crippen LogP contribution in [0.3, 0.4) is 0 Å².